The molecule has 0 radical (unpaired) electrons. The van der Waals surface area contributed by atoms with Gasteiger partial charge in [-0.2, -0.15) is 0 Å². The van der Waals surface area contributed by atoms with Crippen LogP contribution in [0.3, 0.4) is 0 Å². The summed E-state index contributed by atoms with van der Waals surface area (Å²) in [5.74, 6) is 0.356. The summed E-state index contributed by atoms with van der Waals surface area (Å²) in [5, 5.41) is 16.7. The maximum Gasteiger partial charge on any atom is 0.274 e. The molecule has 2 N–H and O–H groups in total. The lowest BCUT2D eigenvalue weighted by atomic mass is 10.0. The van der Waals surface area contributed by atoms with E-state index in [-0.39, 0.29) is 6.04 Å². The molecule has 0 saturated carbocycles. The van der Waals surface area contributed by atoms with Gasteiger partial charge in [-0.05, 0) is 23.6 Å². The summed E-state index contributed by atoms with van der Waals surface area (Å²) in [4.78, 5) is 14.3. The van der Waals surface area contributed by atoms with Crippen LogP contribution in [0.2, 0.25) is 0 Å². The van der Waals surface area contributed by atoms with E-state index in [1.165, 1.54) is 0 Å². The van der Waals surface area contributed by atoms with E-state index < -0.39 is 4.92 Å². The van der Waals surface area contributed by atoms with Gasteiger partial charge >= 0.3 is 0 Å². The maximum absolute atomic E-state index is 10.7. The minimum atomic E-state index is -0.484. The monoisotopic (exact) mass is 298 g/mol. The van der Waals surface area contributed by atoms with Crippen molar-refractivity contribution < 1.29 is 4.92 Å². The molecule has 0 spiro atoms. The molecule has 22 heavy (non-hydrogen) atoms. The highest BCUT2D eigenvalue weighted by molar-refractivity contribution is 5.22. The quantitative estimate of drug-likeness (QED) is 0.605. The van der Waals surface area contributed by atoms with E-state index in [9.17, 15) is 10.1 Å². The highest BCUT2D eigenvalue weighted by Crippen LogP contribution is 2.18. The molecule has 2 rings (SSSR count). The number of aromatic nitrogens is 1. The summed E-state index contributed by atoms with van der Waals surface area (Å²) in [7, 11) is 1.64. The van der Waals surface area contributed by atoms with Crippen LogP contribution in [0.5, 0.6) is 0 Å². The molecule has 0 amide bonds. The van der Waals surface area contributed by atoms with E-state index in [1.54, 1.807) is 19.4 Å². The van der Waals surface area contributed by atoms with Crippen molar-refractivity contribution >= 4 is 0 Å². The van der Waals surface area contributed by atoms with Crippen molar-refractivity contribution in [3.63, 3.8) is 0 Å². The van der Waals surface area contributed by atoms with Crippen molar-refractivity contribution in [3.8, 4) is 0 Å². The molecule has 1 heterocycles. The van der Waals surface area contributed by atoms with Crippen LogP contribution in [0.1, 0.15) is 17.2 Å². The average Bonchev–Trinajstić information content (AvgIpc) is 2.55. The largest absolute Gasteiger partial charge is 0.370 e. The molecule has 0 saturated heterocycles. The second-order valence-corrected chi connectivity index (χ2v) is 4.75. The van der Waals surface area contributed by atoms with Gasteiger partial charge in [-0.3, -0.25) is 15.1 Å². The van der Waals surface area contributed by atoms with Crippen LogP contribution < -0.4 is 10.6 Å². The van der Waals surface area contributed by atoms with Gasteiger partial charge in [-0.25, -0.2) is 0 Å². The van der Waals surface area contributed by atoms with E-state index in [4.69, 9.17) is 0 Å². The lowest BCUT2D eigenvalue weighted by Crippen LogP contribution is -2.30. The minimum Gasteiger partial charge on any atom is -0.370 e. The first-order valence-corrected chi connectivity index (χ1v) is 6.92. The molecule has 1 unspecified atom stereocenters. The summed E-state index contributed by atoms with van der Waals surface area (Å²) >= 11 is 0. The first-order valence-electron chi connectivity index (χ1n) is 6.92. The van der Waals surface area contributed by atoms with Crippen LogP contribution in [-0.4, -0.2) is 17.0 Å². The second-order valence-electron chi connectivity index (χ2n) is 4.75. The highest BCUT2D eigenvalue weighted by Gasteiger charge is 2.14. The predicted octanol–water partition coefficient (Wildman–Crippen LogP) is 2.25. The van der Waals surface area contributed by atoms with Crippen LogP contribution in [0.25, 0.3) is 0 Å². The van der Waals surface area contributed by atoms with Crippen LogP contribution in [0, 0.1) is 10.1 Å². The molecule has 2 aromatic rings. The lowest BCUT2D eigenvalue weighted by Gasteiger charge is -2.21. The third kappa shape index (κ3) is 4.59. The Morgan fingerprint density at radius 3 is 2.68 bits per heavy atom. The second kappa shape index (κ2) is 7.78. The van der Waals surface area contributed by atoms with E-state index in [0.29, 0.717) is 12.2 Å². The topological polar surface area (TPSA) is 80.1 Å². The summed E-state index contributed by atoms with van der Waals surface area (Å²) in [6, 6.07) is 13.7. The van der Waals surface area contributed by atoms with Gasteiger partial charge < -0.3 is 10.6 Å². The Hall–Kier alpha value is -2.89. The lowest BCUT2D eigenvalue weighted by molar-refractivity contribution is -0.404. The molecule has 0 aliphatic rings. The molecule has 0 aliphatic carbocycles. The third-order valence-electron chi connectivity index (χ3n) is 3.20. The summed E-state index contributed by atoms with van der Waals surface area (Å²) in [6.45, 7) is 0. The minimum absolute atomic E-state index is 0.116. The molecule has 0 aliphatic heterocycles. The van der Waals surface area contributed by atoms with Gasteiger partial charge in [0.2, 0.25) is 0 Å². The molecule has 1 aromatic carbocycles. The van der Waals surface area contributed by atoms with Gasteiger partial charge in [-0.15, -0.1) is 0 Å². The number of benzene rings is 1. The third-order valence-corrected chi connectivity index (χ3v) is 3.20. The van der Waals surface area contributed by atoms with E-state index in [1.807, 2.05) is 42.5 Å². The van der Waals surface area contributed by atoms with Crippen molar-refractivity contribution in [3.05, 3.63) is 88.1 Å². The zero-order valence-electron chi connectivity index (χ0n) is 12.3. The van der Waals surface area contributed by atoms with Gasteiger partial charge in [0.15, 0.2) is 5.82 Å². The fraction of sp³-hybridized carbons (Fsp3) is 0.188. The van der Waals surface area contributed by atoms with Crippen LogP contribution in [0.4, 0.5) is 0 Å². The Balaban J connectivity index is 2.24. The molecule has 1 atom stereocenters. The van der Waals surface area contributed by atoms with Gasteiger partial charge in [0, 0.05) is 19.4 Å². The number of hydrogen-bond donors (Lipinski definition) is 2. The normalized spacial score (nSPS) is 12.5. The Morgan fingerprint density at radius 1 is 1.32 bits per heavy atom. The van der Waals surface area contributed by atoms with Gasteiger partial charge in [-0.1, -0.05) is 36.4 Å². The number of pyridine rings is 1. The Labute approximate surface area is 129 Å². The van der Waals surface area contributed by atoms with Crippen LogP contribution >= 0.6 is 0 Å². The van der Waals surface area contributed by atoms with Crippen molar-refractivity contribution in [2.24, 2.45) is 0 Å². The van der Waals surface area contributed by atoms with Crippen molar-refractivity contribution in [2.45, 2.75) is 12.5 Å². The molecular weight excluding hydrogens is 280 g/mol. The molecule has 114 valence electrons. The SMILES string of the molecule is CN/C(=C\[N+](=O)[O-])NC(Cc1ccccc1)c1cccnc1. The number of rotatable bonds is 7. The summed E-state index contributed by atoms with van der Waals surface area (Å²) in [6.07, 6.45) is 5.09. The van der Waals surface area contributed by atoms with Crippen molar-refractivity contribution in [1.82, 2.24) is 15.6 Å². The van der Waals surface area contributed by atoms with E-state index in [0.717, 1.165) is 17.3 Å². The van der Waals surface area contributed by atoms with E-state index in [2.05, 4.69) is 15.6 Å². The van der Waals surface area contributed by atoms with Gasteiger partial charge in [0.25, 0.3) is 6.20 Å². The fourth-order valence-electron chi connectivity index (χ4n) is 2.15. The molecule has 0 bridgehead atoms. The Bertz CT molecular complexity index is 629. The zero-order valence-corrected chi connectivity index (χ0v) is 12.3. The molecule has 0 fully saturated rings. The standard InChI is InChI=1S/C16H18N4O2/c1-17-16(12-20(21)22)19-15(14-8-5-9-18-11-14)10-13-6-3-2-4-7-13/h2-9,11-12,15,17,19H,10H2,1H3/b16-12+. The maximum atomic E-state index is 10.7. The molecule has 6 nitrogen and oxygen atoms in total. The fourth-order valence-corrected chi connectivity index (χ4v) is 2.15. The molecule has 1 aromatic heterocycles. The molecular formula is C16H18N4O2. The number of nitro groups is 1. The van der Waals surface area contributed by atoms with E-state index >= 15 is 0 Å². The predicted molar refractivity (Wildman–Crippen MR) is 84.4 cm³/mol. The first-order chi connectivity index (χ1) is 10.7. The number of nitrogens with zero attached hydrogens (tertiary/aromatic N) is 2. The smallest absolute Gasteiger partial charge is 0.274 e. The summed E-state index contributed by atoms with van der Waals surface area (Å²) < 4.78 is 0. The van der Waals surface area contributed by atoms with Crippen LogP contribution in [0.15, 0.2) is 66.9 Å². The first kappa shape index (κ1) is 15.5. The average molecular weight is 298 g/mol. The Kier molecular flexibility index (Phi) is 5.48. The van der Waals surface area contributed by atoms with Crippen molar-refractivity contribution in [1.29, 1.82) is 0 Å². The highest BCUT2D eigenvalue weighted by atomic mass is 16.6. The number of hydrogen-bond acceptors (Lipinski definition) is 5. The summed E-state index contributed by atoms with van der Waals surface area (Å²) in [5.41, 5.74) is 2.11. The van der Waals surface area contributed by atoms with Crippen molar-refractivity contribution in [2.75, 3.05) is 7.05 Å². The Morgan fingerprint density at radius 2 is 2.09 bits per heavy atom. The number of nitrogens with one attached hydrogen (secondary N) is 2. The van der Waals surface area contributed by atoms with Gasteiger partial charge in [0.1, 0.15) is 0 Å². The van der Waals surface area contributed by atoms with Gasteiger partial charge in [0.05, 0.1) is 11.0 Å². The molecule has 6 heteroatoms. The van der Waals surface area contributed by atoms with Crippen LogP contribution in [-0.2, 0) is 6.42 Å². The zero-order chi connectivity index (χ0) is 15.8.